The molecule has 53 valence electrons. The monoisotopic (exact) mass is 128 g/mol. The molecule has 2 heteroatoms. The van der Waals surface area contributed by atoms with E-state index in [1.807, 2.05) is 6.92 Å². The number of carbonyl (C=O) groups is 1. The maximum Gasteiger partial charge on any atom is 0.217 e. The van der Waals surface area contributed by atoms with E-state index in [0.717, 1.165) is 6.42 Å². The van der Waals surface area contributed by atoms with Crippen molar-refractivity contribution in [2.45, 2.75) is 26.7 Å². The van der Waals surface area contributed by atoms with Crippen molar-refractivity contribution in [2.24, 2.45) is 11.7 Å². The van der Waals surface area contributed by atoms with E-state index < -0.39 is 0 Å². The highest BCUT2D eigenvalue weighted by atomic mass is 16.1. The molecule has 0 spiro atoms. The lowest BCUT2D eigenvalue weighted by Gasteiger charge is -2.04. The summed E-state index contributed by atoms with van der Waals surface area (Å²) in [6, 6.07) is 0. The van der Waals surface area contributed by atoms with Gasteiger partial charge in [-0.25, -0.2) is 0 Å². The predicted molar refractivity (Wildman–Crippen MR) is 37.6 cm³/mol. The van der Waals surface area contributed by atoms with Crippen LogP contribution in [0, 0.1) is 12.3 Å². The van der Waals surface area contributed by atoms with Crippen LogP contribution in [0.15, 0.2) is 0 Å². The Hall–Kier alpha value is -0.530. The van der Waals surface area contributed by atoms with Gasteiger partial charge in [0.1, 0.15) is 0 Å². The second-order valence-corrected chi connectivity index (χ2v) is 2.29. The average molecular weight is 128 g/mol. The fraction of sp³-hybridized carbons (Fsp3) is 0.714. The lowest BCUT2D eigenvalue weighted by Crippen LogP contribution is -2.14. The molecule has 2 nitrogen and oxygen atoms in total. The van der Waals surface area contributed by atoms with Crippen molar-refractivity contribution in [3.8, 4) is 0 Å². The minimum atomic E-state index is -0.216. The maximum absolute atomic E-state index is 10.3. The molecule has 1 unspecified atom stereocenters. The highest BCUT2D eigenvalue weighted by molar-refractivity contribution is 5.74. The van der Waals surface area contributed by atoms with Crippen LogP contribution in [0.3, 0.4) is 0 Å². The molecule has 0 aliphatic heterocycles. The fourth-order valence-electron chi connectivity index (χ4n) is 0.803. The fourth-order valence-corrected chi connectivity index (χ4v) is 0.803. The van der Waals surface area contributed by atoms with Crippen LogP contribution in [0.1, 0.15) is 26.7 Å². The first kappa shape index (κ1) is 8.47. The number of carbonyl (C=O) groups excluding carboxylic acids is 1. The van der Waals surface area contributed by atoms with Crippen molar-refractivity contribution in [3.63, 3.8) is 0 Å². The van der Waals surface area contributed by atoms with Gasteiger partial charge in [-0.05, 0) is 12.3 Å². The standard InChI is InChI=1S/C7H14NO/c1-3-4-6(2)5-7(8)9/h4,6H,3,5H2,1-2H3,(H2,8,9). The van der Waals surface area contributed by atoms with Gasteiger partial charge in [0.25, 0.3) is 0 Å². The normalized spacial score (nSPS) is 13.1. The van der Waals surface area contributed by atoms with Gasteiger partial charge in [-0.15, -0.1) is 0 Å². The molecule has 0 saturated carbocycles. The summed E-state index contributed by atoms with van der Waals surface area (Å²) in [4.78, 5) is 10.3. The number of primary amides is 1. The third-order valence-electron chi connectivity index (χ3n) is 1.16. The molecule has 2 N–H and O–H groups in total. The number of amides is 1. The molecule has 9 heavy (non-hydrogen) atoms. The Bertz CT molecular complexity index is 90.9. The smallest absolute Gasteiger partial charge is 0.217 e. The SMILES string of the molecule is CC[CH]C(C)CC(N)=O. The van der Waals surface area contributed by atoms with E-state index in [0.29, 0.717) is 12.3 Å². The summed E-state index contributed by atoms with van der Waals surface area (Å²) >= 11 is 0. The number of hydrogen-bond acceptors (Lipinski definition) is 1. The van der Waals surface area contributed by atoms with E-state index in [4.69, 9.17) is 5.73 Å². The zero-order valence-corrected chi connectivity index (χ0v) is 6.05. The van der Waals surface area contributed by atoms with Crippen LogP contribution in [-0.2, 0) is 4.79 Å². The highest BCUT2D eigenvalue weighted by Crippen LogP contribution is 2.06. The molecule has 0 aromatic carbocycles. The summed E-state index contributed by atoms with van der Waals surface area (Å²) in [5, 5.41) is 0. The predicted octanol–water partition coefficient (Wildman–Crippen LogP) is 1.11. The van der Waals surface area contributed by atoms with Gasteiger partial charge in [0.05, 0.1) is 0 Å². The molecule has 0 aliphatic rings. The first-order valence-electron chi connectivity index (χ1n) is 3.28. The number of rotatable bonds is 4. The summed E-state index contributed by atoms with van der Waals surface area (Å²) in [5.41, 5.74) is 4.96. The average Bonchev–Trinajstić information content (AvgIpc) is 1.63. The molecule has 0 aromatic rings. The molecule has 1 amide bonds. The molecule has 0 aliphatic carbocycles. The summed E-state index contributed by atoms with van der Waals surface area (Å²) in [6.45, 7) is 4.05. The van der Waals surface area contributed by atoms with Crippen molar-refractivity contribution >= 4 is 5.91 Å². The zero-order valence-electron chi connectivity index (χ0n) is 6.05. The lowest BCUT2D eigenvalue weighted by atomic mass is 10.0. The quantitative estimate of drug-likeness (QED) is 0.605. The summed E-state index contributed by atoms with van der Waals surface area (Å²) < 4.78 is 0. The Morgan fingerprint density at radius 1 is 1.78 bits per heavy atom. The second-order valence-electron chi connectivity index (χ2n) is 2.29. The van der Waals surface area contributed by atoms with Crippen LogP contribution < -0.4 is 5.73 Å². The molecule has 0 rings (SSSR count). The molecule has 1 atom stereocenters. The van der Waals surface area contributed by atoms with Gasteiger partial charge in [0.2, 0.25) is 5.91 Å². The Labute approximate surface area is 56.4 Å². The third-order valence-corrected chi connectivity index (χ3v) is 1.16. The summed E-state index contributed by atoms with van der Waals surface area (Å²) in [7, 11) is 0. The van der Waals surface area contributed by atoms with Gasteiger partial charge >= 0.3 is 0 Å². The van der Waals surface area contributed by atoms with Crippen LogP contribution in [0.5, 0.6) is 0 Å². The molecule has 0 bridgehead atoms. The van der Waals surface area contributed by atoms with Crippen LogP contribution in [-0.4, -0.2) is 5.91 Å². The molecular weight excluding hydrogens is 114 g/mol. The van der Waals surface area contributed by atoms with Crippen LogP contribution >= 0.6 is 0 Å². The molecule has 0 saturated heterocycles. The van der Waals surface area contributed by atoms with Crippen molar-refractivity contribution in [2.75, 3.05) is 0 Å². The van der Waals surface area contributed by atoms with Crippen LogP contribution in [0.25, 0.3) is 0 Å². The van der Waals surface area contributed by atoms with Crippen molar-refractivity contribution in [3.05, 3.63) is 6.42 Å². The Balaban J connectivity index is 3.26. The first-order valence-corrected chi connectivity index (χ1v) is 3.28. The van der Waals surface area contributed by atoms with Gasteiger partial charge in [-0.2, -0.15) is 0 Å². The minimum Gasteiger partial charge on any atom is -0.370 e. The van der Waals surface area contributed by atoms with E-state index in [1.165, 1.54) is 0 Å². The Morgan fingerprint density at radius 2 is 2.33 bits per heavy atom. The topological polar surface area (TPSA) is 43.1 Å². The molecule has 0 fully saturated rings. The summed E-state index contributed by atoms with van der Waals surface area (Å²) in [5.74, 6) is 0.125. The second kappa shape index (κ2) is 4.36. The van der Waals surface area contributed by atoms with Crippen LogP contribution in [0.2, 0.25) is 0 Å². The minimum absolute atomic E-state index is 0.216. The van der Waals surface area contributed by atoms with E-state index in [2.05, 4.69) is 13.3 Å². The van der Waals surface area contributed by atoms with Gasteiger partial charge in [0.15, 0.2) is 0 Å². The van der Waals surface area contributed by atoms with E-state index in [9.17, 15) is 4.79 Å². The number of nitrogens with two attached hydrogens (primary N) is 1. The molecule has 0 aromatic heterocycles. The van der Waals surface area contributed by atoms with Crippen molar-refractivity contribution in [1.82, 2.24) is 0 Å². The Kier molecular flexibility index (Phi) is 4.10. The Morgan fingerprint density at radius 3 is 2.67 bits per heavy atom. The van der Waals surface area contributed by atoms with E-state index >= 15 is 0 Å². The van der Waals surface area contributed by atoms with Gasteiger partial charge in [0, 0.05) is 6.42 Å². The zero-order chi connectivity index (χ0) is 7.28. The van der Waals surface area contributed by atoms with Crippen molar-refractivity contribution in [1.29, 1.82) is 0 Å². The van der Waals surface area contributed by atoms with E-state index in [-0.39, 0.29) is 5.91 Å². The van der Waals surface area contributed by atoms with Gasteiger partial charge < -0.3 is 5.73 Å². The van der Waals surface area contributed by atoms with Gasteiger partial charge in [-0.3, -0.25) is 4.79 Å². The molecule has 1 radical (unpaired) electrons. The number of hydrogen-bond donors (Lipinski definition) is 1. The highest BCUT2D eigenvalue weighted by Gasteiger charge is 2.03. The van der Waals surface area contributed by atoms with Crippen LogP contribution in [0.4, 0.5) is 0 Å². The van der Waals surface area contributed by atoms with Crippen molar-refractivity contribution < 1.29 is 4.79 Å². The van der Waals surface area contributed by atoms with Gasteiger partial charge in [-0.1, -0.05) is 20.3 Å². The molecule has 0 heterocycles. The lowest BCUT2D eigenvalue weighted by molar-refractivity contribution is -0.118. The first-order chi connectivity index (χ1) is 4.16. The maximum atomic E-state index is 10.3. The largest absolute Gasteiger partial charge is 0.370 e. The van der Waals surface area contributed by atoms with E-state index in [1.54, 1.807) is 0 Å². The molecular formula is C7H14NO. The summed E-state index contributed by atoms with van der Waals surface area (Å²) in [6.07, 6.45) is 3.58. The third kappa shape index (κ3) is 5.34.